The number of nitrogens with one attached hydrogen (secondary N) is 2. The van der Waals surface area contributed by atoms with E-state index < -0.39 is 0 Å². The summed E-state index contributed by atoms with van der Waals surface area (Å²) in [6.45, 7) is 1.70. The molecule has 2 saturated carbocycles. The van der Waals surface area contributed by atoms with Gasteiger partial charge in [0.1, 0.15) is 5.69 Å². The van der Waals surface area contributed by atoms with Crippen molar-refractivity contribution in [2.45, 2.75) is 44.2 Å². The van der Waals surface area contributed by atoms with Gasteiger partial charge < -0.3 is 15.2 Å². The van der Waals surface area contributed by atoms with Crippen LogP contribution in [0.3, 0.4) is 0 Å². The summed E-state index contributed by atoms with van der Waals surface area (Å²) in [5.41, 5.74) is 0.697. The van der Waals surface area contributed by atoms with Gasteiger partial charge in [0.05, 0.1) is 5.02 Å². The zero-order chi connectivity index (χ0) is 13.2. The fraction of sp³-hybridized carbons (Fsp3) is 0.643. The summed E-state index contributed by atoms with van der Waals surface area (Å²) < 4.78 is 2.01. The number of amides is 1. The van der Waals surface area contributed by atoms with Crippen molar-refractivity contribution in [3.05, 3.63) is 23.0 Å². The van der Waals surface area contributed by atoms with Crippen LogP contribution in [0, 0.1) is 0 Å². The standard InChI is InChI=1S/C14H20ClN3O/c15-10-8-13(18(9-10)12-4-5-12)14(19)17-7-1-6-16-11-2-3-11/h8-9,11-12,16H,1-7H2,(H,17,19). The Kier molecular flexibility index (Phi) is 3.80. The molecule has 104 valence electrons. The minimum atomic E-state index is -0.00905. The smallest absolute Gasteiger partial charge is 0.267 e. The molecule has 0 radical (unpaired) electrons. The molecule has 1 heterocycles. The second-order valence-electron chi connectivity index (χ2n) is 5.52. The largest absolute Gasteiger partial charge is 0.351 e. The molecule has 1 aromatic rings. The molecule has 2 fully saturated rings. The molecule has 0 saturated heterocycles. The van der Waals surface area contributed by atoms with Crippen LogP contribution in [-0.2, 0) is 0 Å². The first-order chi connectivity index (χ1) is 9.24. The highest BCUT2D eigenvalue weighted by Gasteiger charge is 2.27. The Morgan fingerprint density at radius 1 is 1.32 bits per heavy atom. The van der Waals surface area contributed by atoms with E-state index in [4.69, 9.17) is 11.6 Å². The maximum atomic E-state index is 12.1. The summed E-state index contributed by atoms with van der Waals surface area (Å²) in [6, 6.07) is 2.98. The average molecular weight is 282 g/mol. The summed E-state index contributed by atoms with van der Waals surface area (Å²) in [7, 11) is 0. The van der Waals surface area contributed by atoms with Crippen molar-refractivity contribution in [2.24, 2.45) is 0 Å². The van der Waals surface area contributed by atoms with Crippen LogP contribution in [0.5, 0.6) is 0 Å². The molecule has 0 aromatic carbocycles. The maximum absolute atomic E-state index is 12.1. The molecule has 0 atom stereocenters. The number of hydrogen-bond donors (Lipinski definition) is 2. The summed E-state index contributed by atoms with van der Waals surface area (Å²) in [6.07, 6.45) is 7.75. The molecule has 0 spiro atoms. The number of nitrogens with zero attached hydrogens (tertiary/aromatic N) is 1. The van der Waals surface area contributed by atoms with Gasteiger partial charge in [-0.2, -0.15) is 0 Å². The molecule has 5 heteroatoms. The van der Waals surface area contributed by atoms with Crippen molar-refractivity contribution in [2.75, 3.05) is 13.1 Å². The number of rotatable bonds is 7. The molecular formula is C14H20ClN3O. The van der Waals surface area contributed by atoms with Gasteiger partial charge in [0.2, 0.25) is 0 Å². The predicted octanol–water partition coefficient (Wildman–Crippen LogP) is 2.35. The van der Waals surface area contributed by atoms with Crippen LogP contribution in [0.15, 0.2) is 12.3 Å². The topological polar surface area (TPSA) is 46.1 Å². The highest BCUT2D eigenvalue weighted by Crippen LogP contribution is 2.37. The first-order valence-electron chi connectivity index (χ1n) is 7.13. The van der Waals surface area contributed by atoms with Gasteiger partial charge in [-0.3, -0.25) is 4.79 Å². The SMILES string of the molecule is O=C(NCCCNC1CC1)c1cc(Cl)cn1C1CC1. The normalized spacial score (nSPS) is 18.6. The predicted molar refractivity (Wildman–Crippen MR) is 75.7 cm³/mol. The molecule has 2 N–H and O–H groups in total. The van der Waals surface area contributed by atoms with Crippen molar-refractivity contribution < 1.29 is 4.79 Å². The van der Waals surface area contributed by atoms with Crippen molar-refractivity contribution >= 4 is 17.5 Å². The van der Waals surface area contributed by atoms with Gasteiger partial charge in [0.25, 0.3) is 5.91 Å². The molecule has 0 bridgehead atoms. The molecule has 4 nitrogen and oxygen atoms in total. The minimum absolute atomic E-state index is 0.00905. The quantitative estimate of drug-likeness (QED) is 0.754. The van der Waals surface area contributed by atoms with Gasteiger partial charge in [-0.25, -0.2) is 0 Å². The summed E-state index contributed by atoms with van der Waals surface area (Å²) >= 11 is 6.00. The molecule has 19 heavy (non-hydrogen) atoms. The Labute approximate surface area is 118 Å². The molecule has 0 aliphatic heterocycles. The fourth-order valence-electron chi connectivity index (χ4n) is 2.26. The molecule has 2 aliphatic rings. The van der Waals surface area contributed by atoms with Crippen LogP contribution >= 0.6 is 11.6 Å². The summed E-state index contributed by atoms with van der Waals surface area (Å²) in [5, 5.41) is 7.05. The average Bonchev–Trinajstić information content (AvgIpc) is 3.28. The lowest BCUT2D eigenvalue weighted by Crippen LogP contribution is -2.29. The lowest BCUT2D eigenvalue weighted by Gasteiger charge is -2.08. The Hall–Kier alpha value is -1.00. The van der Waals surface area contributed by atoms with E-state index in [0.29, 0.717) is 23.3 Å². The van der Waals surface area contributed by atoms with Gasteiger partial charge in [-0.15, -0.1) is 0 Å². The second kappa shape index (κ2) is 5.55. The Morgan fingerprint density at radius 3 is 2.79 bits per heavy atom. The van der Waals surface area contributed by atoms with E-state index in [9.17, 15) is 4.79 Å². The molecule has 1 amide bonds. The van der Waals surface area contributed by atoms with Crippen molar-refractivity contribution in [1.82, 2.24) is 15.2 Å². The number of hydrogen-bond acceptors (Lipinski definition) is 2. The van der Waals surface area contributed by atoms with Crippen LogP contribution in [-0.4, -0.2) is 29.6 Å². The molecule has 0 unspecified atom stereocenters. The zero-order valence-corrected chi connectivity index (χ0v) is 11.7. The van der Waals surface area contributed by atoms with Crippen molar-refractivity contribution in [3.63, 3.8) is 0 Å². The highest BCUT2D eigenvalue weighted by molar-refractivity contribution is 6.31. The summed E-state index contributed by atoms with van der Waals surface area (Å²) in [5.74, 6) is -0.00905. The van der Waals surface area contributed by atoms with Gasteiger partial charge >= 0.3 is 0 Å². The van der Waals surface area contributed by atoms with Crippen LogP contribution in [0.2, 0.25) is 5.02 Å². The van der Waals surface area contributed by atoms with Crippen LogP contribution in [0.25, 0.3) is 0 Å². The number of carbonyl (C=O) groups excluding carboxylic acids is 1. The molecule has 3 rings (SSSR count). The number of carbonyl (C=O) groups is 1. The van der Waals surface area contributed by atoms with Crippen LogP contribution in [0.1, 0.15) is 48.6 Å². The maximum Gasteiger partial charge on any atom is 0.267 e. The van der Waals surface area contributed by atoms with Crippen molar-refractivity contribution in [3.8, 4) is 0 Å². The first-order valence-corrected chi connectivity index (χ1v) is 7.51. The lowest BCUT2D eigenvalue weighted by atomic mass is 10.3. The van der Waals surface area contributed by atoms with Gasteiger partial charge in [-0.05, 0) is 44.7 Å². The molecule has 1 aromatic heterocycles. The number of halogens is 1. The van der Waals surface area contributed by atoms with Gasteiger partial charge in [0, 0.05) is 24.8 Å². The minimum Gasteiger partial charge on any atom is -0.351 e. The van der Waals surface area contributed by atoms with Crippen LogP contribution < -0.4 is 10.6 Å². The van der Waals surface area contributed by atoms with E-state index in [-0.39, 0.29) is 5.91 Å². The highest BCUT2D eigenvalue weighted by atomic mass is 35.5. The summed E-state index contributed by atoms with van der Waals surface area (Å²) in [4.78, 5) is 12.1. The van der Waals surface area contributed by atoms with E-state index in [1.807, 2.05) is 10.8 Å². The third kappa shape index (κ3) is 3.51. The third-order valence-electron chi connectivity index (χ3n) is 3.64. The van der Waals surface area contributed by atoms with Gasteiger partial charge in [-0.1, -0.05) is 11.6 Å². The van der Waals surface area contributed by atoms with E-state index in [0.717, 1.165) is 31.8 Å². The third-order valence-corrected chi connectivity index (χ3v) is 3.84. The van der Waals surface area contributed by atoms with Crippen LogP contribution in [0.4, 0.5) is 0 Å². The number of aromatic nitrogens is 1. The Morgan fingerprint density at radius 2 is 2.11 bits per heavy atom. The fourth-order valence-corrected chi connectivity index (χ4v) is 2.47. The molecule has 2 aliphatic carbocycles. The van der Waals surface area contributed by atoms with Gasteiger partial charge in [0.15, 0.2) is 0 Å². The van der Waals surface area contributed by atoms with E-state index in [1.54, 1.807) is 6.07 Å². The second-order valence-corrected chi connectivity index (χ2v) is 5.96. The van der Waals surface area contributed by atoms with E-state index in [2.05, 4.69) is 10.6 Å². The lowest BCUT2D eigenvalue weighted by molar-refractivity contribution is 0.0944. The monoisotopic (exact) mass is 281 g/mol. The first kappa shape index (κ1) is 13.0. The van der Waals surface area contributed by atoms with Crippen molar-refractivity contribution in [1.29, 1.82) is 0 Å². The van der Waals surface area contributed by atoms with E-state index in [1.165, 1.54) is 12.8 Å². The Bertz CT molecular complexity index is 463. The Balaban J connectivity index is 1.46. The zero-order valence-electron chi connectivity index (χ0n) is 11.0. The molecular weight excluding hydrogens is 262 g/mol. The van der Waals surface area contributed by atoms with E-state index >= 15 is 0 Å².